The van der Waals surface area contributed by atoms with Gasteiger partial charge in [-0.15, -0.1) is 0 Å². The molecule has 0 radical (unpaired) electrons. The molecular formula is C13H16O6. The number of hydrogen-bond donors (Lipinski definition) is 1. The first-order chi connectivity index (χ1) is 8.85. The highest BCUT2D eigenvalue weighted by molar-refractivity contribution is 5.88. The fourth-order valence-electron chi connectivity index (χ4n) is 1.86. The van der Waals surface area contributed by atoms with Gasteiger partial charge in [0.25, 0.3) is 11.6 Å². The Balaban J connectivity index is 2.48. The molecule has 0 fully saturated rings. The van der Waals surface area contributed by atoms with Gasteiger partial charge in [0.1, 0.15) is 0 Å². The Labute approximate surface area is 110 Å². The van der Waals surface area contributed by atoms with Gasteiger partial charge in [-0.05, 0) is 18.2 Å². The van der Waals surface area contributed by atoms with Gasteiger partial charge in [0, 0.05) is 28.1 Å². The minimum absolute atomic E-state index is 0.113. The lowest BCUT2D eigenvalue weighted by Crippen LogP contribution is -2.62. The molecule has 6 nitrogen and oxygen atoms in total. The van der Waals surface area contributed by atoms with Gasteiger partial charge in [0.05, 0.1) is 5.56 Å². The number of ether oxygens (including phenoxy) is 4. The van der Waals surface area contributed by atoms with Gasteiger partial charge in [0.2, 0.25) is 0 Å². The third-order valence-corrected chi connectivity index (χ3v) is 3.40. The maximum absolute atomic E-state index is 10.9. The van der Waals surface area contributed by atoms with Crippen LogP contribution in [-0.4, -0.2) is 36.9 Å². The first-order valence-electron chi connectivity index (χ1n) is 5.71. The summed E-state index contributed by atoms with van der Waals surface area (Å²) in [6, 6.07) is 4.37. The van der Waals surface area contributed by atoms with E-state index < -0.39 is 17.5 Å². The lowest BCUT2D eigenvalue weighted by molar-refractivity contribution is -0.345. The molecule has 6 heteroatoms. The number of benzene rings is 1. The van der Waals surface area contributed by atoms with E-state index in [0.717, 1.165) is 0 Å². The molecule has 1 heterocycles. The first kappa shape index (κ1) is 13.6. The van der Waals surface area contributed by atoms with Crippen molar-refractivity contribution in [1.82, 2.24) is 0 Å². The summed E-state index contributed by atoms with van der Waals surface area (Å²) in [6.45, 7) is 3.34. The van der Waals surface area contributed by atoms with E-state index >= 15 is 0 Å². The number of carboxylic acids is 1. The van der Waals surface area contributed by atoms with Crippen LogP contribution in [0.15, 0.2) is 18.2 Å². The van der Waals surface area contributed by atoms with E-state index in [2.05, 4.69) is 0 Å². The smallest absolute Gasteiger partial charge is 0.335 e. The number of carboxylic acid groups (broad SMARTS) is 1. The molecule has 0 amide bonds. The van der Waals surface area contributed by atoms with Crippen molar-refractivity contribution in [3.8, 4) is 11.5 Å². The molecule has 0 spiro atoms. The van der Waals surface area contributed by atoms with E-state index in [4.69, 9.17) is 24.1 Å². The molecule has 19 heavy (non-hydrogen) atoms. The zero-order valence-corrected chi connectivity index (χ0v) is 11.2. The third-order valence-electron chi connectivity index (χ3n) is 3.40. The van der Waals surface area contributed by atoms with Crippen LogP contribution in [0.3, 0.4) is 0 Å². The fraction of sp³-hybridized carbons (Fsp3) is 0.462. The lowest BCUT2D eigenvalue weighted by atomic mass is 10.1. The zero-order valence-electron chi connectivity index (χ0n) is 11.2. The summed E-state index contributed by atoms with van der Waals surface area (Å²) in [7, 11) is 2.95. The molecule has 2 atom stereocenters. The maximum atomic E-state index is 10.9. The number of aromatic carboxylic acids is 1. The molecule has 1 N–H and O–H groups in total. The van der Waals surface area contributed by atoms with Gasteiger partial charge >= 0.3 is 5.97 Å². The SMILES string of the molecule is CO[C@]1(C)Oc2ccc(C(=O)O)cc2O[C@@]1(C)OC. The van der Waals surface area contributed by atoms with Crippen LogP contribution < -0.4 is 9.47 Å². The van der Waals surface area contributed by atoms with Gasteiger partial charge < -0.3 is 24.1 Å². The van der Waals surface area contributed by atoms with Crippen molar-refractivity contribution in [1.29, 1.82) is 0 Å². The summed E-state index contributed by atoms with van der Waals surface area (Å²) >= 11 is 0. The van der Waals surface area contributed by atoms with E-state index in [1.165, 1.54) is 32.4 Å². The van der Waals surface area contributed by atoms with Crippen molar-refractivity contribution in [2.75, 3.05) is 14.2 Å². The third kappa shape index (κ3) is 2.02. The van der Waals surface area contributed by atoms with Gasteiger partial charge in [-0.1, -0.05) is 0 Å². The molecule has 0 aliphatic carbocycles. The van der Waals surface area contributed by atoms with Crippen molar-refractivity contribution < 1.29 is 28.8 Å². The van der Waals surface area contributed by atoms with Crippen LogP contribution in [-0.2, 0) is 9.47 Å². The molecule has 1 aliphatic heterocycles. The van der Waals surface area contributed by atoms with Crippen LogP contribution >= 0.6 is 0 Å². The van der Waals surface area contributed by atoms with E-state index in [1.54, 1.807) is 13.8 Å². The molecule has 0 saturated carbocycles. The van der Waals surface area contributed by atoms with Crippen molar-refractivity contribution in [2.24, 2.45) is 0 Å². The highest BCUT2D eigenvalue weighted by atomic mass is 16.8. The van der Waals surface area contributed by atoms with Gasteiger partial charge in [-0.2, -0.15) is 0 Å². The highest BCUT2D eigenvalue weighted by Gasteiger charge is 2.54. The lowest BCUT2D eigenvalue weighted by Gasteiger charge is -2.46. The predicted octanol–water partition coefficient (Wildman–Crippen LogP) is 1.88. The minimum Gasteiger partial charge on any atom is -0.478 e. The van der Waals surface area contributed by atoms with Crippen LogP contribution in [0.4, 0.5) is 0 Å². The monoisotopic (exact) mass is 268 g/mol. The molecular weight excluding hydrogens is 252 g/mol. The van der Waals surface area contributed by atoms with Crippen molar-refractivity contribution in [3.63, 3.8) is 0 Å². The summed E-state index contributed by atoms with van der Waals surface area (Å²) in [4.78, 5) is 10.9. The molecule has 104 valence electrons. The number of rotatable bonds is 3. The van der Waals surface area contributed by atoms with E-state index in [1.807, 2.05) is 0 Å². The van der Waals surface area contributed by atoms with Crippen LogP contribution in [0.1, 0.15) is 24.2 Å². The second kappa shape index (κ2) is 4.40. The number of methoxy groups -OCH3 is 2. The van der Waals surface area contributed by atoms with Gasteiger partial charge in [-0.25, -0.2) is 4.79 Å². The molecule has 2 rings (SSSR count). The fourth-order valence-corrected chi connectivity index (χ4v) is 1.86. The first-order valence-corrected chi connectivity index (χ1v) is 5.71. The largest absolute Gasteiger partial charge is 0.478 e. The quantitative estimate of drug-likeness (QED) is 0.902. The summed E-state index contributed by atoms with van der Waals surface area (Å²) < 4.78 is 22.1. The Bertz CT molecular complexity index is 514. The molecule has 0 aromatic heterocycles. The summed E-state index contributed by atoms with van der Waals surface area (Å²) in [6.07, 6.45) is 0. The minimum atomic E-state index is -1.19. The Morgan fingerprint density at radius 3 is 2.11 bits per heavy atom. The van der Waals surface area contributed by atoms with E-state index in [-0.39, 0.29) is 5.56 Å². The van der Waals surface area contributed by atoms with Crippen LogP contribution in [0, 0.1) is 0 Å². The van der Waals surface area contributed by atoms with Crippen LogP contribution in [0.25, 0.3) is 0 Å². The molecule has 1 aromatic carbocycles. The Morgan fingerprint density at radius 2 is 1.63 bits per heavy atom. The molecule has 0 saturated heterocycles. The normalized spacial score (nSPS) is 29.1. The maximum Gasteiger partial charge on any atom is 0.335 e. The average molecular weight is 268 g/mol. The van der Waals surface area contributed by atoms with Crippen LogP contribution in [0.5, 0.6) is 11.5 Å². The molecule has 0 bridgehead atoms. The Hall–Kier alpha value is -1.79. The molecule has 1 aromatic rings. The second-order valence-corrected chi connectivity index (χ2v) is 4.47. The van der Waals surface area contributed by atoms with Crippen LogP contribution in [0.2, 0.25) is 0 Å². The Kier molecular flexibility index (Phi) is 3.15. The summed E-state index contributed by atoms with van der Waals surface area (Å²) in [5, 5.41) is 8.97. The van der Waals surface area contributed by atoms with Gasteiger partial charge in [-0.3, -0.25) is 0 Å². The van der Waals surface area contributed by atoms with Gasteiger partial charge in [0.15, 0.2) is 11.5 Å². The number of fused-ring (bicyclic) bond motifs is 1. The predicted molar refractivity (Wildman–Crippen MR) is 65.5 cm³/mol. The van der Waals surface area contributed by atoms with Crippen molar-refractivity contribution >= 4 is 5.97 Å². The molecule has 0 unspecified atom stereocenters. The molecule has 1 aliphatic rings. The summed E-state index contributed by atoms with van der Waals surface area (Å²) in [5.41, 5.74) is 0.113. The van der Waals surface area contributed by atoms with E-state index in [0.29, 0.717) is 11.5 Å². The zero-order chi connectivity index (χ0) is 14.3. The summed E-state index contributed by atoms with van der Waals surface area (Å²) in [5.74, 6) is -2.65. The number of carbonyl (C=O) groups is 1. The van der Waals surface area contributed by atoms with E-state index in [9.17, 15) is 4.79 Å². The van der Waals surface area contributed by atoms with Crippen molar-refractivity contribution in [3.05, 3.63) is 23.8 Å². The van der Waals surface area contributed by atoms with Crippen molar-refractivity contribution in [2.45, 2.75) is 25.4 Å². The average Bonchev–Trinajstić information content (AvgIpc) is 2.39. The number of hydrogen-bond acceptors (Lipinski definition) is 5. The Morgan fingerprint density at radius 1 is 1.11 bits per heavy atom. The second-order valence-electron chi connectivity index (χ2n) is 4.47. The highest BCUT2D eigenvalue weighted by Crippen LogP contribution is 2.44. The topological polar surface area (TPSA) is 74.2 Å². The standard InChI is InChI=1S/C13H16O6/c1-12(16-3)13(2,17-4)19-10-7-8(11(14)15)5-6-9(10)18-12/h5-7H,1-4H3,(H,14,15)/t12-,13-/m1/s1.